The highest BCUT2D eigenvalue weighted by molar-refractivity contribution is 7.98. The van der Waals surface area contributed by atoms with Gasteiger partial charge < -0.3 is 0 Å². The predicted molar refractivity (Wildman–Crippen MR) is 47.0 cm³/mol. The Balaban J connectivity index is 2.86. The van der Waals surface area contributed by atoms with E-state index in [1.165, 1.54) is 25.0 Å². The molecule has 0 saturated carbocycles. The van der Waals surface area contributed by atoms with E-state index in [1.54, 1.807) is 0 Å². The number of hydrogen-bond donors (Lipinski definition) is 0. The van der Waals surface area contributed by atoms with Gasteiger partial charge in [0.15, 0.2) is 0 Å². The fourth-order valence-corrected chi connectivity index (χ4v) is 0.960. The summed E-state index contributed by atoms with van der Waals surface area (Å²) < 4.78 is 0. The van der Waals surface area contributed by atoms with Crippen LogP contribution in [0.25, 0.3) is 0 Å². The van der Waals surface area contributed by atoms with E-state index in [0.717, 1.165) is 0 Å². The average molecular weight is 144 g/mol. The highest BCUT2D eigenvalue weighted by atomic mass is 32.2. The summed E-state index contributed by atoms with van der Waals surface area (Å²) in [6.07, 6.45) is 10.5. The molecule has 0 unspecified atom stereocenters. The summed E-state index contributed by atoms with van der Waals surface area (Å²) in [6.45, 7) is 2.21. The first-order valence-electron chi connectivity index (χ1n) is 3.55. The Bertz CT molecular complexity index is 67.0. The zero-order chi connectivity index (χ0) is 6.95. The number of thioether (sulfide) groups is 1. The van der Waals surface area contributed by atoms with Gasteiger partial charge in [0, 0.05) is 0 Å². The quantitative estimate of drug-likeness (QED) is 0.422. The number of unbranched alkanes of at least 4 members (excludes halogenated alkanes) is 1. The Morgan fingerprint density at radius 3 is 2.44 bits per heavy atom. The van der Waals surface area contributed by atoms with Crippen LogP contribution in [0.2, 0.25) is 0 Å². The van der Waals surface area contributed by atoms with E-state index in [4.69, 9.17) is 0 Å². The molecule has 0 fully saturated rings. The van der Waals surface area contributed by atoms with Gasteiger partial charge in [0.1, 0.15) is 0 Å². The van der Waals surface area contributed by atoms with Crippen LogP contribution in [-0.2, 0) is 0 Å². The van der Waals surface area contributed by atoms with Crippen molar-refractivity contribution < 1.29 is 0 Å². The minimum Gasteiger partial charge on any atom is -0.165 e. The van der Waals surface area contributed by atoms with Crippen LogP contribution in [0.4, 0.5) is 0 Å². The van der Waals surface area contributed by atoms with Crippen LogP contribution in [0.3, 0.4) is 0 Å². The SMILES string of the molecule is CCCC=CCCSC. The van der Waals surface area contributed by atoms with Crippen LogP contribution in [0.15, 0.2) is 12.2 Å². The van der Waals surface area contributed by atoms with Crippen molar-refractivity contribution in [1.29, 1.82) is 0 Å². The molecule has 0 aliphatic carbocycles. The second kappa shape index (κ2) is 8.09. The van der Waals surface area contributed by atoms with E-state index in [0.29, 0.717) is 0 Å². The van der Waals surface area contributed by atoms with Crippen LogP contribution < -0.4 is 0 Å². The Labute approximate surface area is 62.7 Å². The molecule has 1 heteroatoms. The Morgan fingerprint density at radius 2 is 1.89 bits per heavy atom. The van der Waals surface area contributed by atoms with E-state index in [-0.39, 0.29) is 0 Å². The van der Waals surface area contributed by atoms with Gasteiger partial charge in [0.05, 0.1) is 0 Å². The van der Waals surface area contributed by atoms with Crippen LogP contribution in [0.1, 0.15) is 26.2 Å². The van der Waals surface area contributed by atoms with Crippen molar-refractivity contribution in [2.45, 2.75) is 26.2 Å². The van der Waals surface area contributed by atoms with Gasteiger partial charge in [0.25, 0.3) is 0 Å². The topological polar surface area (TPSA) is 0 Å². The lowest BCUT2D eigenvalue weighted by atomic mass is 10.3. The molecular formula is C8H16S. The molecule has 0 N–H and O–H groups in total. The minimum atomic E-state index is 1.24. The van der Waals surface area contributed by atoms with Gasteiger partial charge >= 0.3 is 0 Å². The first kappa shape index (κ1) is 9.09. The van der Waals surface area contributed by atoms with Crippen molar-refractivity contribution in [3.8, 4) is 0 Å². The molecule has 0 heterocycles. The summed E-state index contributed by atoms with van der Waals surface area (Å²) in [5.74, 6) is 1.26. The van der Waals surface area contributed by atoms with Gasteiger partial charge in [-0.1, -0.05) is 25.5 Å². The maximum atomic E-state index is 2.28. The van der Waals surface area contributed by atoms with E-state index < -0.39 is 0 Å². The van der Waals surface area contributed by atoms with Gasteiger partial charge in [-0.3, -0.25) is 0 Å². The summed E-state index contributed by atoms with van der Waals surface area (Å²) in [4.78, 5) is 0. The molecular weight excluding hydrogens is 128 g/mol. The Hall–Kier alpha value is 0.0900. The van der Waals surface area contributed by atoms with Crippen molar-refractivity contribution in [3.05, 3.63) is 12.2 Å². The van der Waals surface area contributed by atoms with Gasteiger partial charge in [-0.25, -0.2) is 0 Å². The maximum Gasteiger partial charge on any atom is -0.00357 e. The third-order valence-corrected chi connectivity index (χ3v) is 1.75. The minimum absolute atomic E-state index is 1.24. The molecule has 0 aliphatic heterocycles. The molecule has 54 valence electrons. The zero-order valence-electron chi connectivity index (χ0n) is 6.39. The molecule has 0 aromatic carbocycles. The second-order valence-electron chi connectivity index (χ2n) is 2.04. The average Bonchev–Trinajstić information content (AvgIpc) is 1.89. The fraction of sp³-hybridized carbons (Fsp3) is 0.750. The lowest BCUT2D eigenvalue weighted by molar-refractivity contribution is 0.952. The van der Waals surface area contributed by atoms with Gasteiger partial charge in [-0.2, -0.15) is 11.8 Å². The number of rotatable bonds is 5. The summed E-state index contributed by atoms with van der Waals surface area (Å²) >= 11 is 1.91. The van der Waals surface area contributed by atoms with Crippen LogP contribution in [-0.4, -0.2) is 12.0 Å². The first-order valence-corrected chi connectivity index (χ1v) is 4.95. The summed E-state index contributed by atoms with van der Waals surface area (Å²) in [5.41, 5.74) is 0. The number of hydrogen-bond acceptors (Lipinski definition) is 1. The van der Waals surface area contributed by atoms with Gasteiger partial charge in [-0.15, -0.1) is 0 Å². The summed E-state index contributed by atoms with van der Waals surface area (Å²) in [7, 11) is 0. The lowest BCUT2D eigenvalue weighted by Crippen LogP contribution is -1.71. The van der Waals surface area contributed by atoms with Crippen molar-refractivity contribution >= 4 is 11.8 Å². The Kier molecular flexibility index (Phi) is 8.17. The molecule has 0 aliphatic rings. The molecule has 0 radical (unpaired) electrons. The van der Waals surface area contributed by atoms with E-state index >= 15 is 0 Å². The Morgan fingerprint density at radius 1 is 1.22 bits per heavy atom. The fourth-order valence-electron chi connectivity index (χ4n) is 0.588. The van der Waals surface area contributed by atoms with Crippen molar-refractivity contribution in [1.82, 2.24) is 0 Å². The standard InChI is InChI=1S/C8H16S/c1-3-4-5-6-7-8-9-2/h5-6H,3-4,7-8H2,1-2H3. The molecule has 9 heavy (non-hydrogen) atoms. The van der Waals surface area contributed by atoms with Crippen LogP contribution in [0, 0.1) is 0 Å². The van der Waals surface area contributed by atoms with Crippen molar-refractivity contribution in [2.75, 3.05) is 12.0 Å². The van der Waals surface area contributed by atoms with Gasteiger partial charge in [0.2, 0.25) is 0 Å². The first-order chi connectivity index (χ1) is 4.41. The normalized spacial score (nSPS) is 10.9. The predicted octanol–water partition coefficient (Wildman–Crippen LogP) is 3.10. The van der Waals surface area contributed by atoms with E-state index in [9.17, 15) is 0 Å². The van der Waals surface area contributed by atoms with E-state index in [2.05, 4.69) is 25.3 Å². The lowest BCUT2D eigenvalue weighted by Gasteiger charge is -1.87. The smallest absolute Gasteiger partial charge is 0.00357 e. The molecule has 0 nitrogen and oxygen atoms in total. The van der Waals surface area contributed by atoms with Crippen LogP contribution in [0.5, 0.6) is 0 Å². The van der Waals surface area contributed by atoms with Crippen LogP contribution >= 0.6 is 11.8 Å². The molecule has 0 aromatic heterocycles. The third kappa shape index (κ3) is 8.09. The molecule has 0 atom stereocenters. The molecule has 0 rings (SSSR count). The third-order valence-electron chi connectivity index (χ3n) is 1.11. The highest BCUT2D eigenvalue weighted by Gasteiger charge is 1.76. The van der Waals surface area contributed by atoms with Crippen molar-refractivity contribution in [2.24, 2.45) is 0 Å². The number of allylic oxidation sites excluding steroid dienone is 2. The highest BCUT2D eigenvalue weighted by Crippen LogP contribution is 1.97. The van der Waals surface area contributed by atoms with E-state index in [1.807, 2.05) is 11.8 Å². The second-order valence-corrected chi connectivity index (χ2v) is 3.03. The monoisotopic (exact) mass is 144 g/mol. The maximum absolute atomic E-state index is 2.28. The summed E-state index contributed by atoms with van der Waals surface area (Å²) in [5, 5.41) is 0. The van der Waals surface area contributed by atoms with Crippen molar-refractivity contribution in [3.63, 3.8) is 0 Å². The summed E-state index contributed by atoms with van der Waals surface area (Å²) in [6, 6.07) is 0. The zero-order valence-corrected chi connectivity index (χ0v) is 7.21. The largest absolute Gasteiger partial charge is 0.165 e. The molecule has 0 amide bonds. The molecule has 0 aromatic rings. The van der Waals surface area contributed by atoms with Gasteiger partial charge in [-0.05, 0) is 24.9 Å². The molecule has 0 saturated heterocycles. The molecule has 0 bridgehead atoms. The molecule has 0 spiro atoms.